The Kier molecular flexibility index (Phi) is 5.62. The molecule has 1 atom stereocenters. The molecule has 7 heteroatoms. The zero-order valence-corrected chi connectivity index (χ0v) is 15.0. The van der Waals surface area contributed by atoms with Gasteiger partial charge in [0, 0.05) is 43.5 Å². The van der Waals surface area contributed by atoms with Crippen molar-refractivity contribution < 1.29 is 9.32 Å². The molecule has 0 radical (unpaired) electrons. The van der Waals surface area contributed by atoms with Crippen molar-refractivity contribution in [1.29, 1.82) is 0 Å². The van der Waals surface area contributed by atoms with Crippen molar-refractivity contribution in [3.05, 3.63) is 47.6 Å². The highest BCUT2D eigenvalue weighted by Crippen LogP contribution is 2.26. The van der Waals surface area contributed by atoms with Gasteiger partial charge in [0.05, 0.1) is 6.04 Å². The number of hydrogen-bond acceptors (Lipinski definition) is 5. The first-order valence-corrected chi connectivity index (χ1v) is 7.85. The fourth-order valence-electron chi connectivity index (χ4n) is 2.69. The van der Waals surface area contributed by atoms with Crippen LogP contribution in [0.3, 0.4) is 0 Å². The normalized spacial score (nSPS) is 18.1. The van der Waals surface area contributed by atoms with Crippen LogP contribution >= 0.6 is 12.4 Å². The Bertz CT molecular complexity index is 681. The van der Waals surface area contributed by atoms with E-state index in [0.29, 0.717) is 24.5 Å². The molecule has 0 spiro atoms. The van der Waals surface area contributed by atoms with Crippen molar-refractivity contribution in [3.8, 4) is 0 Å². The molecule has 1 aliphatic rings. The number of aromatic nitrogens is 2. The van der Waals surface area contributed by atoms with Gasteiger partial charge in [-0.3, -0.25) is 9.78 Å². The molecule has 1 fully saturated rings. The molecule has 130 valence electrons. The SMILES string of the molecule is CC(C)(C)c1cc(C(=O)N2CCNCC2c2cccnc2)no1.Cl. The average molecular weight is 351 g/mol. The maximum atomic E-state index is 12.9. The molecule has 0 aromatic carbocycles. The number of nitrogens with zero attached hydrogens (tertiary/aromatic N) is 3. The highest BCUT2D eigenvalue weighted by molar-refractivity contribution is 5.92. The topological polar surface area (TPSA) is 71.3 Å². The van der Waals surface area contributed by atoms with Crippen LogP contribution in [0.5, 0.6) is 0 Å². The predicted octanol–water partition coefficient (Wildman–Crippen LogP) is 2.58. The quantitative estimate of drug-likeness (QED) is 0.901. The van der Waals surface area contributed by atoms with Crippen LogP contribution in [0, 0.1) is 0 Å². The second-order valence-electron chi connectivity index (χ2n) is 6.83. The van der Waals surface area contributed by atoms with E-state index in [1.54, 1.807) is 18.5 Å². The third-order valence-corrected chi connectivity index (χ3v) is 4.04. The van der Waals surface area contributed by atoms with Gasteiger partial charge in [-0.1, -0.05) is 32.0 Å². The largest absolute Gasteiger partial charge is 0.360 e. The Labute approximate surface area is 148 Å². The number of rotatable bonds is 2. The maximum absolute atomic E-state index is 12.9. The molecule has 6 nitrogen and oxygen atoms in total. The van der Waals surface area contributed by atoms with Crippen molar-refractivity contribution in [2.45, 2.75) is 32.2 Å². The van der Waals surface area contributed by atoms with Gasteiger partial charge in [-0.2, -0.15) is 0 Å². The van der Waals surface area contributed by atoms with Crippen molar-refractivity contribution in [1.82, 2.24) is 20.4 Å². The molecule has 2 aromatic rings. The summed E-state index contributed by atoms with van der Waals surface area (Å²) in [6.45, 7) is 8.21. The van der Waals surface area contributed by atoms with Crippen LogP contribution in [0.15, 0.2) is 35.1 Å². The lowest BCUT2D eigenvalue weighted by Gasteiger charge is -2.35. The first-order valence-electron chi connectivity index (χ1n) is 7.85. The van der Waals surface area contributed by atoms with Gasteiger partial charge in [0.2, 0.25) is 0 Å². The van der Waals surface area contributed by atoms with E-state index in [4.69, 9.17) is 4.52 Å². The zero-order valence-electron chi connectivity index (χ0n) is 14.2. The maximum Gasteiger partial charge on any atom is 0.276 e. The van der Waals surface area contributed by atoms with Crippen molar-refractivity contribution in [2.75, 3.05) is 19.6 Å². The molecule has 0 bridgehead atoms. The summed E-state index contributed by atoms with van der Waals surface area (Å²) in [6, 6.07) is 5.60. The number of piperazine rings is 1. The standard InChI is InChI=1S/C17H22N4O2.ClH/c1-17(2,3)15-9-13(20-23-15)16(22)21-8-7-19-11-14(21)12-5-4-6-18-10-12;/h4-6,9-10,14,19H,7-8,11H2,1-3H3;1H. The minimum atomic E-state index is -0.169. The Balaban J connectivity index is 0.00000208. The Morgan fingerprint density at radius 1 is 1.42 bits per heavy atom. The number of pyridine rings is 1. The summed E-state index contributed by atoms with van der Waals surface area (Å²) in [5.74, 6) is 0.619. The first-order chi connectivity index (χ1) is 11.0. The van der Waals surface area contributed by atoms with Crippen LogP contribution < -0.4 is 5.32 Å². The molecule has 1 unspecified atom stereocenters. The Morgan fingerprint density at radius 2 is 2.21 bits per heavy atom. The number of hydrogen-bond donors (Lipinski definition) is 1. The summed E-state index contributed by atoms with van der Waals surface area (Å²) < 4.78 is 5.36. The lowest BCUT2D eigenvalue weighted by atomic mass is 9.93. The summed E-state index contributed by atoms with van der Waals surface area (Å²) in [7, 11) is 0. The average Bonchev–Trinajstić information content (AvgIpc) is 3.05. The van der Waals surface area contributed by atoms with E-state index in [2.05, 4.69) is 15.5 Å². The lowest BCUT2D eigenvalue weighted by Crippen LogP contribution is -2.48. The third-order valence-electron chi connectivity index (χ3n) is 4.04. The Hall–Kier alpha value is -1.92. The number of amides is 1. The van der Waals surface area contributed by atoms with Gasteiger partial charge in [-0.25, -0.2) is 0 Å². The molecule has 0 saturated carbocycles. The number of nitrogens with one attached hydrogen (secondary N) is 1. The number of carbonyl (C=O) groups is 1. The number of halogens is 1. The predicted molar refractivity (Wildman–Crippen MR) is 93.3 cm³/mol. The summed E-state index contributed by atoms with van der Waals surface area (Å²) >= 11 is 0. The van der Waals surface area contributed by atoms with E-state index in [0.717, 1.165) is 12.1 Å². The molecule has 1 amide bonds. The van der Waals surface area contributed by atoms with Crippen LogP contribution in [0.2, 0.25) is 0 Å². The highest BCUT2D eigenvalue weighted by Gasteiger charge is 2.31. The number of carbonyl (C=O) groups excluding carboxylic acids is 1. The molecule has 0 aliphatic carbocycles. The van der Waals surface area contributed by atoms with Crippen LogP contribution in [0.1, 0.15) is 48.6 Å². The fourth-order valence-corrected chi connectivity index (χ4v) is 2.69. The zero-order chi connectivity index (χ0) is 16.4. The minimum Gasteiger partial charge on any atom is -0.360 e. The van der Waals surface area contributed by atoms with Gasteiger partial charge in [0.1, 0.15) is 5.76 Å². The molecule has 3 heterocycles. The van der Waals surface area contributed by atoms with Crippen LogP contribution in [-0.2, 0) is 5.41 Å². The molecule has 1 N–H and O–H groups in total. The van der Waals surface area contributed by atoms with Crippen molar-refractivity contribution >= 4 is 18.3 Å². The smallest absolute Gasteiger partial charge is 0.276 e. The van der Waals surface area contributed by atoms with E-state index >= 15 is 0 Å². The van der Waals surface area contributed by atoms with E-state index < -0.39 is 0 Å². The second-order valence-corrected chi connectivity index (χ2v) is 6.83. The third kappa shape index (κ3) is 3.76. The Morgan fingerprint density at radius 3 is 2.83 bits per heavy atom. The highest BCUT2D eigenvalue weighted by atomic mass is 35.5. The summed E-state index contributed by atoms with van der Waals surface area (Å²) in [5, 5.41) is 7.32. The van der Waals surface area contributed by atoms with E-state index in [-0.39, 0.29) is 29.8 Å². The van der Waals surface area contributed by atoms with Gasteiger partial charge in [-0.05, 0) is 11.6 Å². The molecular formula is C17H23ClN4O2. The molecule has 3 rings (SSSR count). The van der Waals surface area contributed by atoms with E-state index in [1.165, 1.54) is 0 Å². The molecule has 1 saturated heterocycles. The van der Waals surface area contributed by atoms with E-state index in [1.807, 2.05) is 37.8 Å². The molecule has 1 aliphatic heterocycles. The van der Waals surface area contributed by atoms with Crippen molar-refractivity contribution in [3.63, 3.8) is 0 Å². The fraction of sp³-hybridized carbons (Fsp3) is 0.471. The van der Waals surface area contributed by atoms with Crippen molar-refractivity contribution in [2.24, 2.45) is 0 Å². The van der Waals surface area contributed by atoms with Crippen LogP contribution in [-0.4, -0.2) is 40.6 Å². The monoisotopic (exact) mass is 350 g/mol. The molecule has 24 heavy (non-hydrogen) atoms. The van der Waals surface area contributed by atoms with Gasteiger partial charge in [-0.15, -0.1) is 12.4 Å². The second kappa shape index (κ2) is 7.32. The molecular weight excluding hydrogens is 328 g/mol. The van der Waals surface area contributed by atoms with Gasteiger partial charge in [0.25, 0.3) is 5.91 Å². The van der Waals surface area contributed by atoms with E-state index in [9.17, 15) is 4.79 Å². The van der Waals surface area contributed by atoms with Crippen LogP contribution in [0.25, 0.3) is 0 Å². The molecule has 2 aromatic heterocycles. The summed E-state index contributed by atoms with van der Waals surface area (Å²) in [5.41, 5.74) is 1.22. The van der Waals surface area contributed by atoms with Crippen LogP contribution in [0.4, 0.5) is 0 Å². The van der Waals surface area contributed by atoms with Gasteiger partial charge in [0.15, 0.2) is 5.69 Å². The summed E-state index contributed by atoms with van der Waals surface area (Å²) in [4.78, 5) is 18.9. The summed E-state index contributed by atoms with van der Waals surface area (Å²) in [6.07, 6.45) is 3.54. The lowest BCUT2D eigenvalue weighted by molar-refractivity contribution is 0.0623. The minimum absolute atomic E-state index is 0. The van der Waals surface area contributed by atoms with Gasteiger partial charge < -0.3 is 14.7 Å². The first kappa shape index (κ1) is 18.4. The van der Waals surface area contributed by atoms with Gasteiger partial charge >= 0.3 is 0 Å².